The largest absolute Gasteiger partial charge is 0.507 e. The average molecular weight is 452 g/mol. The number of hydrogen-bond donors (Lipinski definition) is 2. The molecule has 1 amide bonds. The van der Waals surface area contributed by atoms with E-state index < -0.39 is 33.6 Å². The Hall–Kier alpha value is -3.82. The minimum Gasteiger partial charge on any atom is -0.507 e. The van der Waals surface area contributed by atoms with Crippen molar-refractivity contribution in [2.24, 2.45) is 5.14 Å². The van der Waals surface area contributed by atoms with E-state index in [1.165, 1.54) is 48.5 Å². The summed E-state index contributed by atoms with van der Waals surface area (Å²) in [6, 6.07) is 17.5. The van der Waals surface area contributed by atoms with Crippen LogP contribution >= 0.6 is 0 Å². The predicted octanol–water partition coefficient (Wildman–Crippen LogP) is 3.10. The fourth-order valence-corrected chi connectivity index (χ4v) is 4.12. The highest BCUT2D eigenvalue weighted by Gasteiger charge is 2.47. The zero-order valence-electron chi connectivity index (χ0n) is 16.5. The van der Waals surface area contributed by atoms with Gasteiger partial charge in [-0.3, -0.25) is 14.5 Å². The topological polar surface area (TPSA) is 118 Å². The number of benzene rings is 3. The van der Waals surface area contributed by atoms with Crippen LogP contribution in [0.1, 0.15) is 17.2 Å². The molecule has 7 nitrogen and oxygen atoms in total. The second-order valence-electron chi connectivity index (χ2n) is 7.13. The molecular weight excluding hydrogens is 435 g/mol. The van der Waals surface area contributed by atoms with E-state index in [0.717, 1.165) is 4.90 Å². The molecule has 0 unspecified atom stereocenters. The number of carbonyl (C=O) groups excluding carboxylic acids is 2. The molecule has 32 heavy (non-hydrogen) atoms. The molecule has 3 N–H and O–H groups in total. The third-order valence-corrected chi connectivity index (χ3v) is 6.05. The fraction of sp³-hybridized carbons (Fsp3) is 0.0435. The van der Waals surface area contributed by atoms with Gasteiger partial charge in [-0.1, -0.05) is 42.5 Å². The molecule has 0 radical (unpaired) electrons. The number of rotatable bonds is 4. The summed E-state index contributed by atoms with van der Waals surface area (Å²) in [4.78, 5) is 26.9. The van der Waals surface area contributed by atoms with E-state index in [1.54, 1.807) is 30.3 Å². The van der Waals surface area contributed by atoms with Crippen LogP contribution in [0.25, 0.3) is 5.76 Å². The van der Waals surface area contributed by atoms with Crippen LogP contribution < -0.4 is 10.0 Å². The number of carbonyl (C=O) groups is 2. The van der Waals surface area contributed by atoms with Crippen LogP contribution in [0.5, 0.6) is 0 Å². The first kappa shape index (κ1) is 21.4. The molecule has 0 spiro atoms. The summed E-state index contributed by atoms with van der Waals surface area (Å²) < 4.78 is 36.7. The van der Waals surface area contributed by atoms with Crippen LogP contribution in [-0.4, -0.2) is 25.2 Å². The Bertz CT molecular complexity index is 1340. The van der Waals surface area contributed by atoms with Gasteiger partial charge in [0.25, 0.3) is 11.7 Å². The minimum atomic E-state index is -3.96. The van der Waals surface area contributed by atoms with Crippen molar-refractivity contribution >= 4 is 33.2 Å². The van der Waals surface area contributed by atoms with E-state index in [2.05, 4.69) is 0 Å². The van der Waals surface area contributed by atoms with E-state index in [4.69, 9.17) is 5.14 Å². The number of anilines is 1. The highest BCUT2D eigenvalue weighted by atomic mass is 32.2. The summed E-state index contributed by atoms with van der Waals surface area (Å²) >= 11 is 0. The van der Waals surface area contributed by atoms with Crippen molar-refractivity contribution in [1.29, 1.82) is 0 Å². The van der Waals surface area contributed by atoms with Gasteiger partial charge in [-0.25, -0.2) is 17.9 Å². The van der Waals surface area contributed by atoms with E-state index in [0.29, 0.717) is 11.1 Å². The van der Waals surface area contributed by atoms with Gasteiger partial charge in [0.05, 0.1) is 16.5 Å². The lowest BCUT2D eigenvalue weighted by atomic mass is 9.95. The second-order valence-corrected chi connectivity index (χ2v) is 8.69. The number of nitrogens with zero attached hydrogens (tertiary/aromatic N) is 1. The Morgan fingerprint density at radius 3 is 2.06 bits per heavy atom. The van der Waals surface area contributed by atoms with E-state index in [9.17, 15) is 27.5 Å². The quantitative estimate of drug-likeness (QED) is 0.358. The fourth-order valence-electron chi connectivity index (χ4n) is 3.61. The molecule has 3 aromatic carbocycles. The van der Waals surface area contributed by atoms with Crippen LogP contribution in [-0.2, 0) is 19.6 Å². The molecule has 4 rings (SSSR count). The van der Waals surface area contributed by atoms with Crippen molar-refractivity contribution in [3.63, 3.8) is 0 Å². The number of sulfonamides is 1. The number of hydrogen-bond acceptors (Lipinski definition) is 5. The number of nitrogens with two attached hydrogens (primary N) is 1. The molecule has 1 atom stereocenters. The lowest BCUT2D eigenvalue weighted by Gasteiger charge is -2.25. The number of halogens is 1. The average Bonchev–Trinajstić information content (AvgIpc) is 3.04. The Morgan fingerprint density at radius 2 is 1.50 bits per heavy atom. The first-order valence-corrected chi connectivity index (χ1v) is 11.0. The number of aliphatic hydroxyl groups excluding tert-OH is 1. The standard InChI is InChI=1S/C23H17FN2O5S/c24-16-8-6-14(7-9-16)20-19(21(27)15-4-2-1-3-5-15)22(28)23(29)26(20)17-10-12-18(13-11-17)32(25,30)31/h1-13,20,27H,(H2,25,30,31)/b21-19+/t20-/m0/s1. The van der Waals surface area contributed by atoms with Gasteiger partial charge in [0.15, 0.2) is 0 Å². The maximum absolute atomic E-state index is 13.5. The Morgan fingerprint density at radius 1 is 0.906 bits per heavy atom. The maximum Gasteiger partial charge on any atom is 0.300 e. The molecule has 162 valence electrons. The van der Waals surface area contributed by atoms with Crippen molar-refractivity contribution < 1.29 is 27.5 Å². The van der Waals surface area contributed by atoms with Gasteiger partial charge < -0.3 is 5.11 Å². The summed E-state index contributed by atoms with van der Waals surface area (Å²) in [6.07, 6.45) is 0. The first-order valence-electron chi connectivity index (χ1n) is 9.43. The van der Waals surface area contributed by atoms with E-state index >= 15 is 0 Å². The third-order valence-electron chi connectivity index (χ3n) is 5.12. The highest BCUT2D eigenvalue weighted by molar-refractivity contribution is 7.89. The van der Waals surface area contributed by atoms with Crippen LogP contribution in [0, 0.1) is 5.82 Å². The molecule has 1 heterocycles. The first-order chi connectivity index (χ1) is 15.2. The lowest BCUT2D eigenvalue weighted by molar-refractivity contribution is -0.132. The van der Waals surface area contributed by atoms with Crippen molar-refractivity contribution in [2.45, 2.75) is 10.9 Å². The van der Waals surface area contributed by atoms with E-state index in [1.807, 2.05) is 0 Å². The smallest absolute Gasteiger partial charge is 0.300 e. The zero-order valence-corrected chi connectivity index (χ0v) is 17.3. The minimum absolute atomic E-state index is 0.164. The summed E-state index contributed by atoms with van der Waals surface area (Å²) in [5, 5.41) is 16.1. The van der Waals surface area contributed by atoms with Gasteiger partial charge in [0, 0.05) is 11.3 Å². The van der Waals surface area contributed by atoms with Gasteiger partial charge in [0.1, 0.15) is 11.6 Å². The Labute approximate surface area is 183 Å². The van der Waals surface area contributed by atoms with Gasteiger partial charge in [-0.15, -0.1) is 0 Å². The summed E-state index contributed by atoms with van der Waals surface area (Å²) in [6.45, 7) is 0. The Balaban J connectivity index is 1.92. The number of aliphatic hydroxyl groups is 1. The molecular formula is C23H17FN2O5S. The van der Waals surface area contributed by atoms with Gasteiger partial charge in [0.2, 0.25) is 10.0 Å². The molecule has 0 aromatic heterocycles. The van der Waals surface area contributed by atoms with Crippen molar-refractivity contribution in [3.8, 4) is 0 Å². The number of Topliss-reactive ketones (excluding diaryl/α,β-unsaturated/α-hetero) is 1. The second kappa shape index (κ2) is 8.03. The molecule has 1 aliphatic rings. The highest BCUT2D eigenvalue weighted by Crippen LogP contribution is 2.42. The molecule has 0 bridgehead atoms. The molecule has 1 aliphatic heterocycles. The maximum atomic E-state index is 13.5. The predicted molar refractivity (Wildman–Crippen MR) is 115 cm³/mol. The van der Waals surface area contributed by atoms with Crippen LogP contribution in [0.2, 0.25) is 0 Å². The lowest BCUT2D eigenvalue weighted by Crippen LogP contribution is -2.29. The molecule has 0 aliphatic carbocycles. The van der Waals surface area contributed by atoms with E-state index in [-0.39, 0.29) is 21.9 Å². The zero-order chi connectivity index (χ0) is 23.0. The van der Waals surface area contributed by atoms with Gasteiger partial charge in [-0.05, 0) is 42.0 Å². The summed E-state index contributed by atoms with van der Waals surface area (Å²) in [5.41, 5.74) is 0.769. The SMILES string of the molecule is NS(=O)(=O)c1ccc(N2C(=O)C(=O)/C(=C(/O)c3ccccc3)[C@@H]2c2ccc(F)cc2)cc1. The van der Waals surface area contributed by atoms with Crippen molar-refractivity contribution in [1.82, 2.24) is 0 Å². The van der Waals surface area contributed by atoms with Gasteiger partial charge in [-0.2, -0.15) is 0 Å². The number of primary sulfonamides is 1. The van der Waals surface area contributed by atoms with Gasteiger partial charge >= 0.3 is 0 Å². The molecule has 9 heteroatoms. The molecule has 0 saturated carbocycles. The third kappa shape index (κ3) is 3.79. The monoisotopic (exact) mass is 452 g/mol. The molecule has 1 fully saturated rings. The normalized spacial score (nSPS) is 18.2. The number of ketones is 1. The van der Waals surface area contributed by atoms with Crippen molar-refractivity contribution in [3.05, 3.63) is 101 Å². The molecule has 3 aromatic rings. The summed E-state index contributed by atoms with van der Waals surface area (Å²) in [7, 11) is -3.96. The van der Waals surface area contributed by atoms with Crippen LogP contribution in [0.15, 0.2) is 89.3 Å². The molecule has 1 saturated heterocycles. The Kier molecular flexibility index (Phi) is 5.37. The van der Waals surface area contributed by atoms with Crippen molar-refractivity contribution in [2.75, 3.05) is 4.90 Å². The summed E-state index contributed by atoms with van der Waals surface area (Å²) in [5.74, 6) is -2.72. The van der Waals surface area contributed by atoms with Crippen LogP contribution in [0.4, 0.5) is 10.1 Å². The number of amides is 1. The van der Waals surface area contributed by atoms with Crippen LogP contribution in [0.3, 0.4) is 0 Å².